The van der Waals surface area contributed by atoms with E-state index in [0.29, 0.717) is 16.7 Å². The molecule has 0 aromatic heterocycles. The molecule has 3 rings (SSSR count). The molecule has 4 nitrogen and oxygen atoms in total. The molecule has 1 saturated heterocycles. The van der Waals surface area contributed by atoms with Gasteiger partial charge in [0.1, 0.15) is 0 Å². The van der Waals surface area contributed by atoms with Crippen molar-refractivity contribution in [2.45, 2.75) is 25.8 Å². The molecule has 132 valence electrons. The first-order valence-corrected chi connectivity index (χ1v) is 8.37. The van der Waals surface area contributed by atoms with Gasteiger partial charge in [-0.05, 0) is 32.4 Å². The van der Waals surface area contributed by atoms with Crippen molar-refractivity contribution in [3.8, 4) is 0 Å². The summed E-state index contributed by atoms with van der Waals surface area (Å²) < 4.78 is 0. The van der Waals surface area contributed by atoms with Gasteiger partial charge in [0.25, 0.3) is 5.91 Å². The fourth-order valence-corrected chi connectivity index (χ4v) is 2.98. The number of piperidine rings is 1. The van der Waals surface area contributed by atoms with Crippen molar-refractivity contribution in [3.63, 3.8) is 0 Å². The van der Waals surface area contributed by atoms with Gasteiger partial charge in [-0.15, -0.1) is 12.4 Å². The van der Waals surface area contributed by atoms with Crippen LogP contribution in [-0.2, 0) is 0 Å². The molecule has 0 spiro atoms. The van der Waals surface area contributed by atoms with Gasteiger partial charge in [-0.25, -0.2) is 0 Å². The largest absolute Gasteiger partial charge is 0.348 e. The summed E-state index contributed by atoms with van der Waals surface area (Å²) in [6.07, 6.45) is 2.02. The molecule has 1 unspecified atom stereocenters. The summed E-state index contributed by atoms with van der Waals surface area (Å²) in [5.41, 5.74) is 2.58. The van der Waals surface area contributed by atoms with Crippen LogP contribution < -0.4 is 10.6 Å². The Morgan fingerprint density at radius 2 is 1.72 bits per heavy atom. The molecule has 5 heteroatoms. The Kier molecular flexibility index (Phi) is 6.73. The van der Waals surface area contributed by atoms with E-state index in [0.717, 1.165) is 31.5 Å². The van der Waals surface area contributed by atoms with Crippen LogP contribution >= 0.6 is 12.4 Å². The van der Waals surface area contributed by atoms with Gasteiger partial charge >= 0.3 is 0 Å². The third kappa shape index (κ3) is 4.68. The number of aryl methyl sites for hydroxylation is 1. The third-order valence-corrected chi connectivity index (χ3v) is 4.36. The molecule has 2 N–H and O–H groups in total. The number of amides is 1. The first kappa shape index (κ1) is 19.2. The summed E-state index contributed by atoms with van der Waals surface area (Å²) in [6, 6.07) is 14.6. The zero-order chi connectivity index (χ0) is 16.9. The van der Waals surface area contributed by atoms with Crippen molar-refractivity contribution < 1.29 is 9.59 Å². The number of hydrogen-bond donors (Lipinski definition) is 2. The second kappa shape index (κ2) is 8.79. The highest BCUT2D eigenvalue weighted by Gasteiger charge is 2.21. The van der Waals surface area contributed by atoms with Crippen LogP contribution in [0.25, 0.3) is 0 Å². The lowest BCUT2D eigenvalue weighted by Gasteiger charge is -2.24. The van der Waals surface area contributed by atoms with Crippen molar-refractivity contribution in [1.82, 2.24) is 10.6 Å². The fourth-order valence-electron chi connectivity index (χ4n) is 2.98. The topological polar surface area (TPSA) is 58.2 Å². The summed E-state index contributed by atoms with van der Waals surface area (Å²) in [6.45, 7) is 3.75. The molecule has 1 amide bonds. The van der Waals surface area contributed by atoms with E-state index in [1.165, 1.54) is 0 Å². The summed E-state index contributed by atoms with van der Waals surface area (Å²) in [5, 5.41) is 6.32. The van der Waals surface area contributed by atoms with Gasteiger partial charge in [0.05, 0.1) is 5.56 Å². The molecule has 1 heterocycles. The molecule has 0 bridgehead atoms. The van der Waals surface area contributed by atoms with Crippen molar-refractivity contribution in [2.24, 2.45) is 0 Å². The van der Waals surface area contributed by atoms with Crippen molar-refractivity contribution in [1.29, 1.82) is 0 Å². The van der Waals surface area contributed by atoms with Gasteiger partial charge in [-0.1, -0.05) is 48.0 Å². The molecule has 0 saturated carbocycles. The van der Waals surface area contributed by atoms with Crippen LogP contribution in [0.5, 0.6) is 0 Å². The highest BCUT2D eigenvalue weighted by molar-refractivity contribution is 6.15. The van der Waals surface area contributed by atoms with E-state index in [4.69, 9.17) is 0 Å². The predicted molar refractivity (Wildman–Crippen MR) is 102 cm³/mol. The van der Waals surface area contributed by atoms with Crippen LogP contribution in [-0.4, -0.2) is 30.8 Å². The van der Waals surface area contributed by atoms with Crippen LogP contribution in [0.2, 0.25) is 0 Å². The Balaban J connectivity index is 0.00000225. The highest BCUT2D eigenvalue weighted by Crippen LogP contribution is 2.16. The summed E-state index contributed by atoms with van der Waals surface area (Å²) in [4.78, 5) is 25.4. The number of carbonyl (C=O) groups excluding carboxylic acids is 2. The monoisotopic (exact) mass is 358 g/mol. The van der Waals surface area contributed by atoms with E-state index < -0.39 is 0 Å². The summed E-state index contributed by atoms with van der Waals surface area (Å²) in [7, 11) is 0. The van der Waals surface area contributed by atoms with Crippen molar-refractivity contribution >= 4 is 24.1 Å². The Bertz CT molecular complexity index is 738. The van der Waals surface area contributed by atoms with Gasteiger partial charge in [0, 0.05) is 23.7 Å². The fraction of sp³-hybridized carbons (Fsp3) is 0.300. The predicted octanol–water partition coefficient (Wildman–Crippen LogP) is 3.13. The molecule has 0 aliphatic carbocycles. The van der Waals surface area contributed by atoms with Crippen LogP contribution in [0, 0.1) is 6.92 Å². The van der Waals surface area contributed by atoms with E-state index in [1.807, 2.05) is 19.1 Å². The maximum Gasteiger partial charge on any atom is 0.252 e. The van der Waals surface area contributed by atoms with E-state index in [1.54, 1.807) is 36.4 Å². The lowest BCUT2D eigenvalue weighted by atomic mass is 9.97. The number of rotatable bonds is 4. The zero-order valence-electron chi connectivity index (χ0n) is 14.2. The van der Waals surface area contributed by atoms with E-state index >= 15 is 0 Å². The molecule has 25 heavy (non-hydrogen) atoms. The summed E-state index contributed by atoms with van der Waals surface area (Å²) >= 11 is 0. The minimum absolute atomic E-state index is 0. The van der Waals surface area contributed by atoms with Crippen LogP contribution in [0.1, 0.15) is 44.7 Å². The minimum atomic E-state index is -0.181. The quantitative estimate of drug-likeness (QED) is 0.825. The molecule has 2 aromatic carbocycles. The molecule has 1 fully saturated rings. The first-order chi connectivity index (χ1) is 11.6. The maximum absolute atomic E-state index is 12.8. The Hall–Kier alpha value is -2.17. The molecule has 1 aliphatic heterocycles. The molecular formula is C20H23ClN2O2. The molecular weight excluding hydrogens is 336 g/mol. The second-order valence-electron chi connectivity index (χ2n) is 6.26. The van der Waals surface area contributed by atoms with E-state index in [-0.39, 0.29) is 30.1 Å². The normalized spacial score (nSPS) is 16.6. The highest BCUT2D eigenvalue weighted by atomic mass is 35.5. The smallest absolute Gasteiger partial charge is 0.252 e. The molecule has 1 aliphatic rings. The first-order valence-electron chi connectivity index (χ1n) is 8.37. The SMILES string of the molecule is Cc1ccc(C(=O)c2ccccc2C(=O)NC2CCCNC2)cc1.Cl. The standard InChI is InChI=1S/C20H22N2O2.ClH/c1-14-8-10-15(11-9-14)19(23)17-6-2-3-7-18(17)20(24)22-16-5-4-12-21-13-16;/h2-3,6-11,16,21H,4-5,12-13H2,1H3,(H,22,24);1H. The molecule has 0 radical (unpaired) electrons. The number of benzene rings is 2. The third-order valence-electron chi connectivity index (χ3n) is 4.36. The number of ketones is 1. The van der Waals surface area contributed by atoms with Gasteiger partial charge in [-0.2, -0.15) is 0 Å². The molecule has 2 aromatic rings. The van der Waals surface area contributed by atoms with Crippen molar-refractivity contribution in [2.75, 3.05) is 13.1 Å². The minimum Gasteiger partial charge on any atom is -0.348 e. The Labute approximate surface area is 154 Å². The van der Waals surface area contributed by atoms with Crippen LogP contribution in [0.15, 0.2) is 48.5 Å². The van der Waals surface area contributed by atoms with Crippen molar-refractivity contribution in [3.05, 3.63) is 70.8 Å². The average Bonchev–Trinajstić information content (AvgIpc) is 2.62. The number of carbonyl (C=O) groups is 2. The number of hydrogen-bond acceptors (Lipinski definition) is 3. The van der Waals surface area contributed by atoms with E-state index in [9.17, 15) is 9.59 Å². The number of nitrogens with one attached hydrogen (secondary N) is 2. The average molecular weight is 359 g/mol. The zero-order valence-corrected chi connectivity index (χ0v) is 15.1. The van der Waals surface area contributed by atoms with Gasteiger partial charge in [0.15, 0.2) is 5.78 Å². The summed E-state index contributed by atoms with van der Waals surface area (Å²) in [5.74, 6) is -0.303. The van der Waals surface area contributed by atoms with Gasteiger partial charge in [-0.3, -0.25) is 9.59 Å². The lowest BCUT2D eigenvalue weighted by molar-refractivity contribution is 0.0921. The van der Waals surface area contributed by atoms with Crippen LogP contribution in [0.4, 0.5) is 0 Å². The molecule has 1 atom stereocenters. The van der Waals surface area contributed by atoms with Gasteiger partial charge in [0.2, 0.25) is 0 Å². The van der Waals surface area contributed by atoms with E-state index in [2.05, 4.69) is 10.6 Å². The second-order valence-corrected chi connectivity index (χ2v) is 6.26. The lowest BCUT2D eigenvalue weighted by Crippen LogP contribution is -2.45. The Morgan fingerprint density at radius 1 is 1.04 bits per heavy atom. The van der Waals surface area contributed by atoms with Crippen LogP contribution in [0.3, 0.4) is 0 Å². The Morgan fingerprint density at radius 3 is 2.36 bits per heavy atom. The maximum atomic E-state index is 12.8. The number of halogens is 1. The van der Waals surface area contributed by atoms with Gasteiger partial charge < -0.3 is 10.6 Å².